The quantitative estimate of drug-likeness (QED) is 0.747. The van der Waals surface area contributed by atoms with E-state index in [1.54, 1.807) is 19.2 Å². The third kappa shape index (κ3) is 3.39. The van der Waals surface area contributed by atoms with Gasteiger partial charge in [0.05, 0.1) is 11.4 Å². The van der Waals surface area contributed by atoms with Crippen LogP contribution in [-0.2, 0) is 10.0 Å². The van der Waals surface area contributed by atoms with E-state index in [1.165, 1.54) is 4.31 Å². The summed E-state index contributed by atoms with van der Waals surface area (Å²) >= 11 is 5.48. The lowest BCUT2D eigenvalue weighted by Gasteiger charge is -2.18. The van der Waals surface area contributed by atoms with E-state index in [2.05, 4.69) is 0 Å². The summed E-state index contributed by atoms with van der Waals surface area (Å²) in [6, 6.07) is 8.99. The molecule has 0 spiro atoms. The van der Waals surface area contributed by atoms with E-state index in [0.29, 0.717) is 18.0 Å². The predicted molar refractivity (Wildman–Crippen MR) is 64.0 cm³/mol. The van der Waals surface area contributed by atoms with Crippen molar-refractivity contribution in [3.8, 4) is 0 Å². The van der Waals surface area contributed by atoms with Gasteiger partial charge in [-0.05, 0) is 18.6 Å². The van der Waals surface area contributed by atoms with E-state index in [0.717, 1.165) is 0 Å². The average Bonchev–Trinajstić information content (AvgIpc) is 2.26. The second-order valence-corrected chi connectivity index (χ2v) is 5.66. The van der Waals surface area contributed by atoms with Crippen LogP contribution in [0.4, 0.5) is 5.69 Å². The minimum atomic E-state index is -3.23. The molecule has 84 valence electrons. The highest BCUT2D eigenvalue weighted by molar-refractivity contribution is 7.92. The Morgan fingerprint density at radius 2 is 1.87 bits per heavy atom. The first-order valence-electron chi connectivity index (χ1n) is 4.65. The third-order valence-corrected chi connectivity index (χ3v) is 4.19. The summed E-state index contributed by atoms with van der Waals surface area (Å²) in [7, 11) is -1.67. The minimum Gasteiger partial charge on any atom is -0.273 e. The monoisotopic (exact) mass is 247 g/mol. The van der Waals surface area contributed by atoms with Crippen LogP contribution in [0.2, 0.25) is 0 Å². The van der Waals surface area contributed by atoms with Crippen molar-refractivity contribution in [2.24, 2.45) is 0 Å². The van der Waals surface area contributed by atoms with E-state index in [1.807, 2.05) is 18.2 Å². The Morgan fingerprint density at radius 3 is 2.40 bits per heavy atom. The van der Waals surface area contributed by atoms with Gasteiger partial charge in [-0.1, -0.05) is 18.2 Å². The predicted octanol–water partition coefficient (Wildman–Crippen LogP) is 2.08. The Hall–Kier alpha value is -0.740. The molecule has 0 radical (unpaired) electrons. The molecule has 0 aliphatic rings. The Kier molecular flexibility index (Phi) is 4.42. The molecule has 1 aromatic rings. The highest BCUT2D eigenvalue weighted by Crippen LogP contribution is 2.15. The minimum absolute atomic E-state index is 0.0852. The third-order valence-electron chi connectivity index (χ3n) is 2.07. The Labute approximate surface area is 95.7 Å². The highest BCUT2D eigenvalue weighted by Gasteiger charge is 2.16. The molecule has 0 aliphatic heterocycles. The highest BCUT2D eigenvalue weighted by atomic mass is 35.5. The fourth-order valence-corrected chi connectivity index (χ4v) is 2.69. The van der Waals surface area contributed by atoms with Crippen LogP contribution in [0.25, 0.3) is 0 Å². The van der Waals surface area contributed by atoms with Crippen molar-refractivity contribution < 1.29 is 8.42 Å². The molecule has 0 saturated carbocycles. The molecule has 1 aromatic carbocycles. The van der Waals surface area contributed by atoms with E-state index in [-0.39, 0.29) is 5.75 Å². The molecule has 0 unspecified atom stereocenters. The number of nitrogens with zero attached hydrogens (tertiary/aromatic N) is 1. The lowest BCUT2D eigenvalue weighted by atomic mass is 10.3. The molecule has 15 heavy (non-hydrogen) atoms. The van der Waals surface area contributed by atoms with Crippen molar-refractivity contribution in [1.29, 1.82) is 0 Å². The van der Waals surface area contributed by atoms with Crippen LogP contribution in [0.1, 0.15) is 6.42 Å². The maximum Gasteiger partial charge on any atom is 0.234 e. The topological polar surface area (TPSA) is 37.4 Å². The van der Waals surface area contributed by atoms with Gasteiger partial charge in [0.25, 0.3) is 0 Å². The maximum atomic E-state index is 11.8. The van der Waals surface area contributed by atoms with Crippen molar-refractivity contribution in [2.45, 2.75) is 6.42 Å². The van der Waals surface area contributed by atoms with E-state index < -0.39 is 10.0 Å². The summed E-state index contributed by atoms with van der Waals surface area (Å²) in [4.78, 5) is 0. The zero-order valence-electron chi connectivity index (χ0n) is 8.56. The molecule has 0 amide bonds. The number of anilines is 1. The van der Waals surface area contributed by atoms with Gasteiger partial charge in [0.2, 0.25) is 10.0 Å². The van der Waals surface area contributed by atoms with Crippen LogP contribution in [-0.4, -0.2) is 27.1 Å². The number of rotatable bonds is 5. The number of para-hydroxylation sites is 1. The lowest BCUT2D eigenvalue weighted by molar-refractivity contribution is 0.593. The molecule has 0 saturated heterocycles. The fraction of sp³-hybridized carbons (Fsp3) is 0.400. The molecule has 0 bridgehead atoms. The molecule has 0 aliphatic carbocycles. The maximum absolute atomic E-state index is 11.8. The summed E-state index contributed by atoms with van der Waals surface area (Å²) in [6.07, 6.45) is 0.473. The Balaban J connectivity index is 2.80. The summed E-state index contributed by atoms with van der Waals surface area (Å²) in [5.41, 5.74) is 0.673. The van der Waals surface area contributed by atoms with E-state index >= 15 is 0 Å². The number of hydrogen-bond donors (Lipinski definition) is 0. The Bertz CT molecular complexity index is 391. The molecule has 0 aromatic heterocycles. The molecule has 0 atom stereocenters. The van der Waals surface area contributed by atoms with Crippen LogP contribution < -0.4 is 4.31 Å². The molecule has 5 heteroatoms. The fourth-order valence-electron chi connectivity index (χ4n) is 1.17. The van der Waals surface area contributed by atoms with Crippen molar-refractivity contribution in [1.82, 2.24) is 0 Å². The number of alkyl halides is 1. The van der Waals surface area contributed by atoms with Gasteiger partial charge >= 0.3 is 0 Å². The molecule has 0 fully saturated rings. The summed E-state index contributed by atoms with van der Waals surface area (Å²) in [5, 5.41) is 0. The molecule has 0 N–H and O–H groups in total. The van der Waals surface area contributed by atoms with Gasteiger partial charge in [0, 0.05) is 12.9 Å². The van der Waals surface area contributed by atoms with Gasteiger partial charge in [0.1, 0.15) is 0 Å². The summed E-state index contributed by atoms with van der Waals surface area (Å²) < 4.78 is 24.8. The van der Waals surface area contributed by atoms with Gasteiger partial charge in [-0.15, -0.1) is 11.6 Å². The summed E-state index contributed by atoms with van der Waals surface area (Å²) in [6.45, 7) is 0. The molecule has 0 heterocycles. The van der Waals surface area contributed by atoms with Gasteiger partial charge in [-0.2, -0.15) is 0 Å². The molecular weight excluding hydrogens is 234 g/mol. The number of hydrogen-bond acceptors (Lipinski definition) is 2. The largest absolute Gasteiger partial charge is 0.273 e. The van der Waals surface area contributed by atoms with E-state index in [4.69, 9.17) is 11.6 Å². The number of benzene rings is 1. The Morgan fingerprint density at radius 1 is 1.27 bits per heavy atom. The van der Waals surface area contributed by atoms with Crippen LogP contribution in [0.3, 0.4) is 0 Å². The second-order valence-electron chi connectivity index (χ2n) is 3.16. The van der Waals surface area contributed by atoms with Crippen molar-refractivity contribution in [2.75, 3.05) is 23.0 Å². The average molecular weight is 248 g/mol. The van der Waals surface area contributed by atoms with Crippen LogP contribution in [0, 0.1) is 0 Å². The van der Waals surface area contributed by atoms with Crippen molar-refractivity contribution in [3.05, 3.63) is 30.3 Å². The SMILES string of the molecule is CN(c1ccccc1)S(=O)(=O)CCCCl. The smallest absolute Gasteiger partial charge is 0.234 e. The van der Waals surface area contributed by atoms with Gasteiger partial charge in [0.15, 0.2) is 0 Å². The van der Waals surface area contributed by atoms with Crippen LogP contribution in [0.15, 0.2) is 30.3 Å². The summed E-state index contributed by atoms with van der Waals surface area (Å²) in [5.74, 6) is 0.448. The normalized spacial score (nSPS) is 11.3. The van der Waals surface area contributed by atoms with Crippen LogP contribution in [0.5, 0.6) is 0 Å². The second kappa shape index (κ2) is 5.37. The zero-order valence-corrected chi connectivity index (χ0v) is 10.1. The zero-order chi connectivity index (χ0) is 11.3. The van der Waals surface area contributed by atoms with Gasteiger partial charge in [-0.25, -0.2) is 8.42 Å². The lowest BCUT2D eigenvalue weighted by Crippen LogP contribution is -2.29. The van der Waals surface area contributed by atoms with Crippen molar-refractivity contribution in [3.63, 3.8) is 0 Å². The number of sulfonamides is 1. The number of halogens is 1. The van der Waals surface area contributed by atoms with Crippen LogP contribution >= 0.6 is 11.6 Å². The molecule has 3 nitrogen and oxygen atoms in total. The standard InChI is InChI=1S/C10H14ClNO2S/c1-12(10-6-3-2-4-7-10)15(13,14)9-5-8-11/h2-4,6-7H,5,8-9H2,1H3. The van der Waals surface area contributed by atoms with Crippen molar-refractivity contribution >= 4 is 27.3 Å². The first kappa shape index (κ1) is 12.3. The first-order chi connectivity index (χ1) is 7.08. The van der Waals surface area contributed by atoms with Gasteiger partial charge in [-0.3, -0.25) is 4.31 Å². The molecular formula is C10H14ClNO2S. The van der Waals surface area contributed by atoms with E-state index in [9.17, 15) is 8.42 Å². The van der Waals surface area contributed by atoms with Gasteiger partial charge < -0.3 is 0 Å². The molecule has 1 rings (SSSR count). The first-order valence-corrected chi connectivity index (χ1v) is 6.80.